The van der Waals surface area contributed by atoms with Crippen LogP contribution in [-0.4, -0.2) is 33.6 Å². The van der Waals surface area contributed by atoms with Gasteiger partial charge < -0.3 is 15.1 Å². The first-order valence-corrected chi connectivity index (χ1v) is 7.12. The lowest BCUT2D eigenvalue weighted by molar-refractivity contribution is 0.0691. The second-order valence-corrected chi connectivity index (χ2v) is 5.22. The quantitative estimate of drug-likeness (QED) is 0.905. The number of aromatic nitrogens is 1. The summed E-state index contributed by atoms with van der Waals surface area (Å²) in [6.45, 7) is 4.01. The lowest BCUT2D eigenvalue weighted by atomic mass is 10.1. The summed E-state index contributed by atoms with van der Waals surface area (Å²) >= 11 is 0.989. The second-order valence-electron chi connectivity index (χ2n) is 4.36. The van der Waals surface area contributed by atoms with Crippen LogP contribution < -0.4 is 4.90 Å². The van der Waals surface area contributed by atoms with Crippen LogP contribution in [0.5, 0.6) is 5.75 Å². The normalized spacial score (nSPS) is 10.4. The Kier molecular flexibility index (Phi) is 4.23. The number of thiazole rings is 1. The molecule has 1 aromatic heterocycles. The van der Waals surface area contributed by atoms with Gasteiger partial charge in [0.1, 0.15) is 5.75 Å². The molecular formula is C14H14N2O4S. The number of benzene rings is 1. The van der Waals surface area contributed by atoms with E-state index in [9.17, 15) is 14.7 Å². The highest BCUT2D eigenvalue weighted by Gasteiger charge is 2.22. The molecule has 110 valence electrons. The molecule has 1 amide bonds. The van der Waals surface area contributed by atoms with Crippen molar-refractivity contribution in [3.63, 3.8) is 0 Å². The molecule has 0 aliphatic carbocycles. The smallest absolute Gasteiger partial charge is 0.355 e. The number of amides is 1. The minimum atomic E-state index is -1.16. The van der Waals surface area contributed by atoms with E-state index >= 15 is 0 Å². The SMILES string of the molecule is CCN(C(=O)c1nc(C(=O)O)cs1)c1cc(O)ccc1C. The van der Waals surface area contributed by atoms with E-state index in [1.54, 1.807) is 19.1 Å². The lowest BCUT2D eigenvalue weighted by Gasteiger charge is -2.22. The van der Waals surface area contributed by atoms with Crippen molar-refractivity contribution in [2.24, 2.45) is 0 Å². The first-order chi connectivity index (χ1) is 9.93. The summed E-state index contributed by atoms with van der Waals surface area (Å²) in [5, 5.41) is 19.9. The number of aromatic hydroxyl groups is 1. The molecule has 1 aromatic carbocycles. The molecule has 1 heterocycles. The van der Waals surface area contributed by atoms with Crippen LogP contribution in [-0.2, 0) is 0 Å². The number of aromatic carboxylic acids is 1. The number of aryl methyl sites for hydroxylation is 1. The van der Waals surface area contributed by atoms with Gasteiger partial charge in [-0.15, -0.1) is 11.3 Å². The molecule has 0 aliphatic rings. The van der Waals surface area contributed by atoms with Gasteiger partial charge in [0.25, 0.3) is 5.91 Å². The number of phenols is 1. The molecule has 0 aliphatic heterocycles. The molecule has 0 radical (unpaired) electrons. The van der Waals surface area contributed by atoms with Crippen LogP contribution in [0.15, 0.2) is 23.6 Å². The zero-order valence-electron chi connectivity index (χ0n) is 11.5. The molecule has 21 heavy (non-hydrogen) atoms. The highest BCUT2D eigenvalue weighted by molar-refractivity contribution is 7.12. The van der Waals surface area contributed by atoms with Crippen molar-refractivity contribution in [1.82, 2.24) is 4.98 Å². The number of nitrogens with zero attached hydrogens (tertiary/aromatic N) is 2. The Morgan fingerprint density at radius 1 is 1.38 bits per heavy atom. The number of carbonyl (C=O) groups excluding carboxylic acids is 1. The van der Waals surface area contributed by atoms with E-state index < -0.39 is 5.97 Å². The third kappa shape index (κ3) is 3.03. The minimum absolute atomic E-state index is 0.0622. The number of rotatable bonds is 4. The van der Waals surface area contributed by atoms with Gasteiger partial charge in [-0.2, -0.15) is 0 Å². The molecule has 0 atom stereocenters. The predicted octanol–water partition coefficient (Wildman–Crippen LogP) is 2.52. The topological polar surface area (TPSA) is 90.7 Å². The number of carbonyl (C=O) groups is 2. The van der Waals surface area contributed by atoms with E-state index in [4.69, 9.17) is 5.11 Å². The summed E-state index contributed by atoms with van der Waals surface area (Å²) in [4.78, 5) is 28.6. The van der Waals surface area contributed by atoms with Crippen molar-refractivity contribution in [3.05, 3.63) is 39.8 Å². The Balaban J connectivity index is 2.38. The van der Waals surface area contributed by atoms with Gasteiger partial charge in [0, 0.05) is 18.0 Å². The molecule has 2 aromatic rings. The van der Waals surface area contributed by atoms with E-state index in [2.05, 4.69) is 4.98 Å². The molecule has 0 bridgehead atoms. The Morgan fingerprint density at radius 2 is 2.10 bits per heavy atom. The highest BCUT2D eigenvalue weighted by atomic mass is 32.1. The third-order valence-corrected chi connectivity index (χ3v) is 3.78. The number of hydrogen-bond acceptors (Lipinski definition) is 5. The van der Waals surface area contributed by atoms with Crippen LogP contribution in [0, 0.1) is 6.92 Å². The molecule has 7 heteroatoms. The van der Waals surface area contributed by atoms with Gasteiger partial charge in [-0.3, -0.25) is 4.79 Å². The first kappa shape index (κ1) is 15.0. The first-order valence-electron chi connectivity index (χ1n) is 6.24. The summed E-state index contributed by atoms with van der Waals surface area (Å²) in [5.74, 6) is -1.49. The molecule has 0 spiro atoms. The van der Waals surface area contributed by atoms with Crippen molar-refractivity contribution in [1.29, 1.82) is 0 Å². The highest BCUT2D eigenvalue weighted by Crippen LogP contribution is 2.26. The molecule has 6 nitrogen and oxygen atoms in total. The van der Waals surface area contributed by atoms with Gasteiger partial charge in [-0.25, -0.2) is 9.78 Å². The fraction of sp³-hybridized carbons (Fsp3) is 0.214. The third-order valence-electron chi connectivity index (χ3n) is 2.95. The number of carboxylic acid groups (broad SMARTS) is 1. The molecule has 2 rings (SSSR count). The molecule has 2 N–H and O–H groups in total. The molecule has 0 saturated heterocycles. The molecule has 0 saturated carbocycles. The van der Waals surface area contributed by atoms with Crippen molar-refractivity contribution in [2.75, 3.05) is 11.4 Å². The van der Waals surface area contributed by atoms with Crippen LogP contribution in [0.1, 0.15) is 32.8 Å². The predicted molar refractivity (Wildman–Crippen MR) is 79.3 cm³/mol. The van der Waals surface area contributed by atoms with Gasteiger partial charge in [0.2, 0.25) is 0 Å². The largest absolute Gasteiger partial charge is 0.508 e. The monoisotopic (exact) mass is 306 g/mol. The molecule has 0 unspecified atom stereocenters. The number of anilines is 1. The maximum absolute atomic E-state index is 12.5. The molecule has 0 fully saturated rings. The van der Waals surface area contributed by atoms with Crippen molar-refractivity contribution in [2.45, 2.75) is 13.8 Å². The fourth-order valence-electron chi connectivity index (χ4n) is 1.90. The number of carboxylic acids is 1. The fourth-order valence-corrected chi connectivity index (χ4v) is 2.64. The van der Waals surface area contributed by atoms with E-state index in [0.717, 1.165) is 16.9 Å². The van der Waals surface area contributed by atoms with Gasteiger partial charge in [-0.1, -0.05) is 6.07 Å². The summed E-state index contributed by atoms with van der Waals surface area (Å²) < 4.78 is 0. The minimum Gasteiger partial charge on any atom is -0.508 e. The maximum atomic E-state index is 12.5. The van der Waals surface area contributed by atoms with E-state index in [-0.39, 0.29) is 22.4 Å². The Bertz CT molecular complexity index is 696. The summed E-state index contributed by atoms with van der Waals surface area (Å²) in [6.07, 6.45) is 0. The average Bonchev–Trinajstić information content (AvgIpc) is 2.93. The van der Waals surface area contributed by atoms with Gasteiger partial charge >= 0.3 is 5.97 Å². The number of hydrogen-bond donors (Lipinski definition) is 2. The van der Waals surface area contributed by atoms with Crippen LogP contribution in [0.2, 0.25) is 0 Å². The van der Waals surface area contributed by atoms with Crippen molar-refractivity contribution in [3.8, 4) is 5.75 Å². The second kappa shape index (κ2) is 5.92. The summed E-state index contributed by atoms with van der Waals surface area (Å²) in [6, 6.07) is 4.76. The van der Waals surface area contributed by atoms with Gasteiger partial charge in [-0.05, 0) is 25.5 Å². The van der Waals surface area contributed by atoms with Gasteiger partial charge in [0.05, 0.1) is 5.69 Å². The Hall–Kier alpha value is -2.41. The maximum Gasteiger partial charge on any atom is 0.355 e. The van der Waals surface area contributed by atoms with Crippen LogP contribution >= 0.6 is 11.3 Å². The van der Waals surface area contributed by atoms with E-state index in [1.165, 1.54) is 16.3 Å². The summed E-state index contributed by atoms with van der Waals surface area (Å²) in [5.41, 5.74) is 1.26. The number of phenolic OH excluding ortho intramolecular Hbond substituents is 1. The zero-order chi connectivity index (χ0) is 15.6. The van der Waals surface area contributed by atoms with Gasteiger partial charge in [0.15, 0.2) is 10.7 Å². The van der Waals surface area contributed by atoms with Crippen LogP contribution in [0.4, 0.5) is 5.69 Å². The summed E-state index contributed by atoms with van der Waals surface area (Å²) in [7, 11) is 0. The van der Waals surface area contributed by atoms with E-state index in [0.29, 0.717) is 12.2 Å². The standard InChI is InChI=1S/C14H14N2O4S/c1-3-16(11-6-9(17)5-4-8(11)2)13(18)12-15-10(7-21-12)14(19)20/h4-7,17H,3H2,1-2H3,(H,19,20). The van der Waals surface area contributed by atoms with Crippen LogP contribution in [0.3, 0.4) is 0 Å². The zero-order valence-corrected chi connectivity index (χ0v) is 12.3. The lowest BCUT2D eigenvalue weighted by Crippen LogP contribution is -2.31. The van der Waals surface area contributed by atoms with E-state index in [1.807, 2.05) is 6.92 Å². The Morgan fingerprint density at radius 3 is 2.67 bits per heavy atom. The van der Waals surface area contributed by atoms with Crippen molar-refractivity contribution < 1.29 is 19.8 Å². The van der Waals surface area contributed by atoms with Crippen LogP contribution in [0.25, 0.3) is 0 Å². The molecular weight excluding hydrogens is 292 g/mol. The van der Waals surface area contributed by atoms with Crippen molar-refractivity contribution >= 4 is 28.9 Å². The Labute approximate surface area is 125 Å². The average molecular weight is 306 g/mol.